The summed E-state index contributed by atoms with van der Waals surface area (Å²) in [5.74, 6) is -0.627. The van der Waals surface area contributed by atoms with Gasteiger partial charge in [0.1, 0.15) is 5.75 Å². The number of hydrogen-bond acceptors (Lipinski definition) is 4. The normalized spacial score (nSPS) is 9.94. The highest BCUT2D eigenvalue weighted by Gasteiger charge is 2.03. The van der Waals surface area contributed by atoms with E-state index in [0.29, 0.717) is 11.3 Å². The van der Waals surface area contributed by atoms with Crippen molar-refractivity contribution in [1.29, 1.82) is 0 Å². The van der Waals surface area contributed by atoms with Crippen LogP contribution in [0.15, 0.2) is 36.7 Å². The van der Waals surface area contributed by atoms with Gasteiger partial charge in [-0.2, -0.15) is 0 Å². The number of ether oxygens (including phenoxy) is 1. The van der Waals surface area contributed by atoms with Crippen LogP contribution in [0, 0.1) is 5.82 Å². The lowest BCUT2D eigenvalue weighted by Gasteiger charge is -2.03. The standard InChI is InChI=1S/C11H8FN3O2/c12-8-5-14-11(15-6-8)17-9-3-1-7(2-4-9)10(13)16/h1-6H,(H2,13,16). The average molecular weight is 233 g/mol. The first-order valence-electron chi connectivity index (χ1n) is 4.70. The minimum atomic E-state index is -0.540. The summed E-state index contributed by atoms with van der Waals surface area (Å²) in [4.78, 5) is 18.1. The third-order valence-corrected chi connectivity index (χ3v) is 1.94. The molecule has 17 heavy (non-hydrogen) atoms. The molecule has 0 aliphatic rings. The summed E-state index contributed by atoms with van der Waals surface area (Å²) in [5.41, 5.74) is 5.46. The Kier molecular flexibility index (Phi) is 2.95. The van der Waals surface area contributed by atoms with Gasteiger partial charge in [0, 0.05) is 5.56 Å². The summed E-state index contributed by atoms with van der Waals surface area (Å²) >= 11 is 0. The lowest BCUT2D eigenvalue weighted by molar-refractivity contribution is 0.100. The van der Waals surface area contributed by atoms with Gasteiger partial charge in [0.2, 0.25) is 5.91 Å². The Labute approximate surface area is 96.1 Å². The first kappa shape index (κ1) is 11.0. The molecule has 1 aromatic carbocycles. The van der Waals surface area contributed by atoms with Gasteiger partial charge in [-0.1, -0.05) is 0 Å². The van der Waals surface area contributed by atoms with Crippen LogP contribution in [0.25, 0.3) is 0 Å². The highest BCUT2D eigenvalue weighted by Crippen LogP contribution is 2.17. The molecule has 0 aliphatic heterocycles. The maximum Gasteiger partial charge on any atom is 0.322 e. The second-order valence-corrected chi connectivity index (χ2v) is 3.17. The molecule has 0 aliphatic carbocycles. The molecule has 0 saturated heterocycles. The summed E-state index contributed by atoms with van der Waals surface area (Å²) in [7, 11) is 0. The van der Waals surface area contributed by atoms with Crippen molar-refractivity contribution in [2.45, 2.75) is 0 Å². The van der Waals surface area contributed by atoms with E-state index >= 15 is 0 Å². The van der Waals surface area contributed by atoms with Crippen molar-refractivity contribution in [1.82, 2.24) is 9.97 Å². The molecule has 1 heterocycles. The molecular weight excluding hydrogens is 225 g/mol. The number of nitrogens with two attached hydrogens (primary N) is 1. The van der Waals surface area contributed by atoms with Gasteiger partial charge in [0.15, 0.2) is 5.82 Å². The predicted molar refractivity (Wildman–Crippen MR) is 57.0 cm³/mol. The van der Waals surface area contributed by atoms with Gasteiger partial charge in [-0.05, 0) is 24.3 Å². The number of halogens is 1. The Balaban J connectivity index is 2.13. The van der Waals surface area contributed by atoms with Crippen LogP contribution < -0.4 is 10.5 Å². The van der Waals surface area contributed by atoms with Crippen molar-refractivity contribution in [2.24, 2.45) is 5.73 Å². The van der Waals surface area contributed by atoms with Gasteiger partial charge in [-0.15, -0.1) is 0 Å². The number of amides is 1. The molecule has 0 spiro atoms. The Morgan fingerprint density at radius 3 is 2.29 bits per heavy atom. The Morgan fingerprint density at radius 2 is 1.76 bits per heavy atom. The quantitative estimate of drug-likeness (QED) is 0.871. The minimum absolute atomic E-state index is 0.0261. The predicted octanol–water partition coefficient (Wildman–Crippen LogP) is 1.51. The van der Waals surface area contributed by atoms with Crippen LogP contribution in [-0.2, 0) is 0 Å². The zero-order chi connectivity index (χ0) is 12.3. The smallest absolute Gasteiger partial charge is 0.322 e. The topological polar surface area (TPSA) is 78.1 Å². The SMILES string of the molecule is NC(=O)c1ccc(Oc2ncc(F)cn2)cc1. The monoisotopic (exact) mass is 233 g/mol. The van der Waals surface area contributed by atoms with Crippen LogP contribution >= 0.6 is 0 Å². The van der Waals surface area contributed by atoms with E-state index in [4.69, 9.17) is 10.5 Å². The molecule has 6 heteroatoms. The summed E-state index contributed by atoms with van der Waals surface area (Å²) in [6.07, 6.45) is 2.00. The molecule has 2 N–H and O–H groups in total. The maximum atomic E-state index is 12.5. The fourth-order valence-electron chi connectivity index (χ4n) is 1.15. The molecule has 5 nitrogen and oxygen atoms in total. The van der Waals surface area contributed by atoms with Crippen LogP contribution in [0.4, 0.5) is 4.39 Å². The molecule has 0 bridgehead atoms. The number of aromatic nitrogens is 2. The highest BCUT2D eigenvalue weighted by molar-refractivity contribution is 5.92. The van der Waals surface area contributed by atoms with Crippen molar-refractivity contribution in [3.63, 3.8) is 0 Å². The number of benzene rings is 1. The summed E-state index contributed by atoms with van der Waals surface area (Å²) < 4.78 is 17.8. The van der Waals surface area contributed by atoms with Crippen molar-refractivity contribution in [3.8, 4) is 11.8 Å². The molecular formula is C11H8FN3O2. The van der Waals surface area contributed by atoms with E-state index in [1.807, 2.05) is 0 Å². The molecule has 2 rings (SSSR count). The zero-order valence-corrected chi connectivity index (χ0v) is 8.63. The van der Waals surface area contributed by atoms with E-state index in [0.717, 1.165) is 12.4 Å². The Bertz CT molecular complexity index is 525. The third kappa shape index (κ3) is 2.75. The largest absolute Gasteiger partial charge is 0.424 e. The molecule has 1 aromatic heterocycles. The fourth-order valence-corrected chi connectivity index (χ4v) is 1.15. The van der Waals surface area contributed by atoms with Gasteiger partial charge in [0.25, 0.3) is 0 Å². The van der Waals surface area contributed by atoms with E-state index < -0.39 is 11.7 Å². The van der Waals surface area contributed by atoms with Crippen molar-refractivity contribution < 1.29 is 13.9 Å². The van der Waals surface area contributed by atoms with Crippen molar-refractivity contribution in [3.05, 3.63) is 48.0 Å². The van der Waals surface area contributed by atoms with Gasteiger partial charge < -0.3 is 10.5 Å². The number of hydrogen-bond donors (Lipinski definition) is 1. The molecule has 0 atom stereocenters. The van der Waals surface area contributed by atoms with Gasteiger partial charge in [-0.3, -0.25) is 4.79 Å². The molecule has 0 saturated carbocycles. The number of nitrogens with zero attached hydrogens (tertiary/aromatic N) is 2. The van der Waals surface area contributed by atoms with Gasteiger partial charge in [0.05, 0.1) is 12.4 Å². The third-order valence-electron chi connectivity index (χ3n) is 1.94. The lowest BCUT2D eigenvalue weighted by atomic mass is 10.2. The van der Waals surface area contributed by atoms with Crippen LogP contribution in [0.5, 0.6) is 11.8 Å². The van der Waals surface area contributed by atoms with Crippen LogP contribution in [0.1, 0.15) is 10.4 Å². The van der Waals surface area contributed by atoms with Crippen LogP contribution in [-0.4, -0.2) is 15.9 Å². The van der Waals surface area contributed by atoms with E-state index in [-0.39, 0.29) is 6.01 Å². The summed E-state index contributed by atoms with van der Waals surface area (Å²) in [5, 5.41) is 0. The van der Waals surface area contributed by atoms with Crippen molar-refractivity contribution in [2.75, 3.05) is 0 Å². The Hall–Kier alpha value is -2.50. The van der Waals surface area contributed by atoms with Gasteiger partial charge >= 0.3 is 6.01 Å². The molecule has 1 amide bonds. The van der Waals surface area contributed by atoms with Crippen LogP contribution in [0.3, 0.4) is 0 Å². The number of carbonyl (C=O) groups excluding carboxylic acids is 1. The van der Waals surface area contributed by atoms with Crippen molar-refractivity contribution >= 4 is 5.91 Å². The minimum Gasteiger partial charge on any atom is -0.424 e. The second-order valence-electron chi connectivity index (χ2n) is 3.17. The first-order chi connectivity index (χ1) is 8.15. The highest BCUT2D eigenvalue weighted by atomic mass is 19.1. The molecule has 86 valence electrons. The lowest BCUT2D eigenvalue weighted by Crippen LogP contribution is -2.10. The molecule has 0 unspecified atom stereocenters. The van der Waals surface area contributed by atoms with Gasteiger partial charge in [-0.25, -0.2) is 14.4 Å². The Morgan fingerprint density at radius 1 is 1.18 bits per heavy atom. The number of rotatable bonds is 3. The summed E-state index contributed by atoms with van der Waals surface area (Å²) in [6, 6.07) is 6.15. The van der Waals surface area contributed by atoms with E-state index in [1.54, 1.807) is 12.1 Å². The van der Waals surface area contributed by atoms with E-state index in [1.165, 1.54) is 12.1 Å². The first-order valence-corrected chi connectivity index (χ1v) is 4.70. The fraction of sp³-hybridized carbons (Fsp3) is 0. The number of primary amides is 1. The summed E-state index contributed by atoms with van der Waals surface area (Å²) in [6.45, 7) is 0. The van der Waals surface area contributed by atoms with E-state index in [9.17, 15) is 9.18 Å². The van der Waals surface area contributed by atoms with E-state index in [2.05, 4.69) is 9.97 Å². The number of carbonyl (C=O) groups is 1. The molecule has 2 aromatic rings. The molecule has 0 fully saturated rings. The second kappa shape index (κ2) is 4.56. The maximum absolute atomic E-state index is 12.5. The zero-order valence-electron chi connectivity index (χ0n) is 8.63. The van der Waals surface area contributed by atoms with Crippen LogP contribution in [0.2, 0.25) is 0 Å². The average Bonchev–Trinajstić information content (AvgIpc) is 2.33. The molecule has 0 radical (unpaired) electrons.